The minimum Gasteiger partial charge on any atom is -0.411 e. The first kappa shape index (κ1) is 10.9. The minimum absolute atomic E-state index is 0.383. The molecule has 0 aromatic heterocycles. The van der Waals surface area contributed by atoms with Gasteiger partial charge in [0.2, 0.25) is 0 Å². The molecule has 70 valence electrons. The summed E-state index contributed by atoms with van der Waals surface area (Å²) in [5.74, 6) is 0. The van der Waals surface area contributed by atoms with Crippen molar-refractivity contribution in [2.45, 2.75) is 39.5 Å². The molecule has 0 aromatic carbocycles. The lowest BCUT2D eigenvalue weighted by molar-refractivity contribution is 0.313. The molecule has 0 heterocycles. The van der Waals surface area contributed by atoms with Gasteiger partial charge in [0, 0.05) is 0 Å². The van der Waals surface area contributed by atoms with Crippen LogP contribution in [0.4, 0.5) is 0 Å². The fourth-order valence-electron chi connectivity index (χ4n) is 0.903. The molecule has 0 amide bonds. The van der Waals surface area contributed by atoms with E-state index >= 15 is 0 Å². The standard InChI is InChI=1S/C8H16N2O2/c1-3-4-5-6-8(10-12)7(2)9-11/h11-12H,3-6H2,1-2H3/b9-7-,10-8+. The number of hydrogen-bond donors (Lipinski definition) is 2. The largest absolute Gasteiger partial charge is 0.411 e. The van der Waals surface area contributed by atoms with Gasteiger partial charge >= 0.3 is 0 Å². The zero-order chi connectivity index (χ0) is 9.40. The van der Waals surface area contributed by atoms with Crippen LogP contribution in [-0.4, -0.2) is 21.8 Å². The van der Waals surface area contributed by atoms with E-state index in [1.165, 1.54) is 0 Å². The van der Waals surface area contributed by atoms with Crippen molar-refractivity contribution in [3.05, 3.63) is 0 Å². The van der Waals surface area contributed by atoms with Gasteiger partial charge in [0.1, 0.15) is 11.4 Å². The molecular weight excluding hydrogens is 156 g/mol. The van der Waals surface area contributed by atoms with E-state index in [-0.39, 0.29) is 0 Å². The van der Waals surface area contributed by atoms with Crippen molar-refractivity contribution >= 4 is 11.4 Å². The van der Waals surface area contributed by atoms with Crippen LogP contribution in [0.25, 0.3) is 0 Å². The summed E-state index contributed by atoms with van der Waals surface area (Å²) < 4.78 is 0. The van der Waals surface area contributed by atoms with Gasteiger partial charge in [-0.1, -0.05) is 30.1 Å². The van der Waals surface area contributed by atoms with E-state index in [2.05, 4.69) is 17.2 Å². The van der Waals surface area contributed by atoms with Crippen LogP contribution in [0.3, 0.4) is 0 Å². The van der Waals surface area contributed by atoms with Gasteiger partial charge in [0.15, 0.2) is 0 Å². The Kier molecular flexibility index (Phi) is 6.05. The maximum atomic E-state index is 8.52. The van der Waals surface area contributed by atoms with Crippen LogP contribution in [0.5, 0.6) is 0 Å². The molecule has 2 N–H and O–H groups in total. The van der Waals surface area contributed by atoms with Crippen LogP contribution in [-0.2, 0) is 0 Å². The number of unbranched alkanes of at least 4 members (excludes halogenated alkanes) is 2. The summed E-state index contributed by atoms with van der Waals surface area (Å²) in [4.78, 5) is 0. The van der Waals surface area contributed by atoms with Crippen LogP contribution in [0.15, 0.2) is 10.3 Å². The van der Waals surface area contributed by atoms with Crippen molar-refractivity contribution in [3.63, 3.8) is 0 Å². The smallest absolute Gasteiger partial charge is 0.104 e. The Morgan fingerprint density at radius 2 is 1.83 bits per heavy atom. The lowest BCUT2D eigenvalue weighted by Crippen LogP contribution is -2.10. The Morgan fingerprint density at radius 1 is 1.17 bits per heavy atom. The predicted octanol–water partition coefficient (Wildman–Crippen LogP) is 2.25. The second-order valence-corrected chi connectivity index (χ2v) is 2.69. The number of hydrogen-bond acceptors (Lipinski definition) is 4. The van der Waals surface area contributed by atoms with Crippen LogP contribution < -0.4 is 0 Å². The minimum atomic E-state index is 0.383. The van der Waals surface area contributed by atoms with Gasteiger partial charge in [-0.15, -0.1) is 0 Å². The third kappa shape index (κ3) is 3.95. The molecule has 0 saturated carbocycles. The molecule has 0 saturated heterocycles. The fourth-order valence-corrected chi connectivity index (χ4v) is 0.903. The molecule has 0 aliphatic carbocycles. The Hall–Kier alpha value is -1.06. The molecule has 0 aliphatic heterocycles. The van der Waals surface area contributed by atoms with Crippen molar-refractivity contribution in [1.29, 1.82) is 0 Å². The van der Waals surface area contributed by atoms with Crippen molar-refractivity contribution in [1.82, 2.24) is 0 Å². The lowest BCUT2D eigenvalue weighted by atomic mass is 10.1. The van der Waals surface area contributed by atoms with Crippen molar-refractivity contribution in [3.8, 4) is 0 Å². The van der Waals surface area contributed by atoms with E-state index in [1.807, 2.05) is 0 Å². The topological polar surface area (TPSA) is 65.2 Å². The molecule has 0 atom stereocenters. The molecule has 0 spiro atoms. The number of oxime groups is 2. The Balaban J connectivity index is 3.86. The number of nitrogens with zero attached hydrogens (tertiary/aromatic N) is 2. The van der Waals surface area contributed by atoms with Gasteiger partial charge in [-0.25, -0.2) is 0 Å². The summed E-state index contributed by atoms with van der Waals surface area (Å²) >= 11 is 0. The Bertz CT molecular complexity index is 176. The third-order valence-corrected chi connectivity index (χ3v) is 1.71. The highest BCUT2D eigenvalue weighted by atomic mass is 16.4. The highest BCUT2D eigenvalue weighted by molar-refractivity contribution is 6.41. The molecule has 0 aliphatic rings. The average Bonchev–Trinajstić information content (AvgIpc) is 2.11. The molecule has 0 fully saturated rings. The van der Waals surface area contributed by atoms with E-state index < -0.39 is 0 Å². The molecule has 0 rings (SSSR count). The second kappa shape index (κ2) is 6.64. The van der Waals surface area contributed by atoms with Gasteiger partial charge in [0.05, 0.1) is 0 Å². The molecule has 0 unspecified atom stereocenters. The molecule has 4 heteroatoms. The lowest BCUT2D eigenvalue weighted by Gasteiger charge is -2.00. The summed E-state index contributed by atoms with van der Waals surface area (Å²) in [6.07, 6.45) is 3.84. The van der Waals surface area contributed by atoms with E-state index in [0.29, 0.717) is 17.8 Å². The van der Waals surface area contributed by atoms with E-state index in [1.54, 1.807) is 6.92 Å². The van der Waals surface area contributed by atoms with Crippen molar-refractivity contribution in [2.24, 2.45) is 10.3 Å². The second-order valence-electron chi connectivity index (χ2n) is 2.69. The normalized spacial score (nSPS) is 13.5. The molecular formula is C8H16N2O2. The van der Waals surface area contributed by atoms with Crippen LogP contribution in [0, 0.1) is 0 Å². The van der Waals surface area contributed by atoms with E-state index in [9.17, 15) is 0 Å². The highest BCUT2D eigenvalue weighted by Crippen LogP contribution is 2.01. The van der Waals surface area contributed by atoms with Crippen molar-refractivity contribution in [2.75, 3.05) is 0 Å². The molecule has 0 bridgehead atoms. The monoisotopic (exact) mass is 172 g/mol. The Labute approximate surface area is 72.6 Å². The first-order valence-corrected chi connectivity index (χ1v) is 4.16. The highest BCUT2D eigenvalue weighted by Gasteiger charge is 2.03. The number of rotatable bonds is 5. The van der Waals surface area contributed by atoms with Gasteiger partial charge in [0.25, 0.3) is 0 Å². The van der Waals surface area contributed by atoms with Crippen molar-refractivity contribution < 1.29 is 10.4 Å². The molecule has 4 nitrogen and oxygen atoms in total. The molecule has 0 aromatic rings. The maximum absolute atomic E-state index is 8.52. The van der Waals surface area contributed by atoms with E-state index in [4.69, 9.17) is 10.4 Å². The fraction of sp³-hybridized carbons (Fsp3) is 0.750. The zero-order valence-electron chi connectivity index (χ0n) is 7.62. The first-order chi connectivity index (χ1) is 5.76. The Morgan fingerprint density at radius 3 is 2.25 bits per heavy atom. The summed E-state index contributed by atoms with van der Waals surface area (Å²) in [7, 11) is 0. The van der Waals surface area contributed by atoms with Crippen LogP contribution >= 0.6 is 0 Å². The summed E-state index contributed by atoms with van der Waals surface area (Å²) in [5, 5.41) is 22.9. The average molecular weight is 172 g/mol. The molecule has 12 heavy (non-hydrogen) atoms. The van der Waals surface area contributed by atoms with Gasteiger partial charge in [-0.2, -0.15) is 0 Å². The zero-order valence-corrected chi connectivity index (χ0v) is 7.62. The first-order valence-electron chi connectivity index (χ1n) is 4.16. The quantitative estimate of drug-likeness (QED) is 0.289. The SMILES string of the molecule is CCCCCC(=N\O)/C(C)=N\O. The summed E-state index contributed by atoms with van der Waals surface area (Å²) in [6, 6.07) is 0. The summed E-state index contributed by atoms with van der Waals surface area (Å²) in [5.41, 5.74) is 0.847. The maximum Gasteiger partial charge on any atom is 0.104 e. The van der Waals surface area contributed by atoms with Crippen LogP contribution in [0.1, 0.15) is 39.5 Å². The molecule has 0 radical (unpaired) electrons. The van der Waals surface area contributed by atoms with Crippen LogP contribution in [0.2, 0.25) is 0 Å². The van der Waals surface area contributed by atoms with E-state index in [0.717, 1.165) is 19.3 Å². The van der Waals surface area contributed by atoms with Gasteiger partial charge < -0.3 is 10.4 Å². The van der Waals surface area contributed by atoms with Gasteiger partial charge in [-0.05, 0) is 19.8 Å². The van der Waals surface area contributed by atoms with Gasteiger partial charge in [-0.3, -0.25) is 0 Å². The third-order valence-electron chi connectivity index (χ3n) is 1.71. The predicted molar refractivity (Wildman–Crippen MR) is 48.3 cm³/mol. The summed E-state index contributed by atoms with van der Waals surface area (Å²) in [6.45, 7) is 3.71.